The Bertz CT molecular complexity index is 537. The van der Waals surface area contributed by atoms with E-state index in [1.54, 1.807) is 0 Å². The highest BCUT2D eigenvalue weighted by Crippen LogP contribution is 2.37. The topological polar surface area (TPSA) is 12.0 Å². The molecule has 1 unspecified atom stereocenters. The summed E-state index contributed by atoms with van der Waals surface area (Å²) in [7, 11) is -0.737. The Morgan fingerprint density at radius 1 is 0.900 bits per heavy atom. The summed E-state index contributed by atoms with van der Waals surface area (Å²) in [4.78, 5) is 0. The number of benzene rings is 1. The Morgan fingerprint density at radius 2 is 1.40 bits per heavy atom. The molecule has 1 aliphatic rings. The van der Waals surface area contributed by atoms with Crippen molar-refractivity contribution in [3.63, 3.8) is 0 Å². The lowest BCUT2D eigenvalue weighted by Crippen LogP contribution is -2.03. The van der Waals surface area contributed by atoms with Gasteiger partial charge in [-0.2, -0.15) is 0 Å². The van der Waals surface area contributed by atoms with E-state index in [0.717, 1.165) is 0 Å². The Hall–Kier alpha value is -1.20. The molecule has 20 heavy (non-hydrogen) atoms. The SMILES string of the molecule is CC(C)c1cccc(C(C)C)c1N[PH](C)=C1C=CC=C1. The summed E-state index contributed by atoms with van der Waals surface area (Å²) < 4.78 is 0. The molecule has 2 rings (SSSR count). The number of anilines is 1. The van der Waals surface area contributed by atoms with Gasteiger partial charge in [-0.25, -0.2) is 0 Å². The van der Waals surface area contributed by atoms with Crippen molar-refractivity contribution < 1.29 is 0 Å². The molecule has 1 atom stereocenters. The minimum absolute atomic E-state index is 0.547. The van der Waals surface area contributed by atoms with E-state index in [4.69, 9.17) is 0 Å². The van der Waals surface area contributed by atoms with Crippen molar-refractivity contribution >= 4 is 18.7 Å². The van der Waals surface area contributed by atoms with E-state index in [2.05, 4.69) is 82.0 Å². The van der Waals surface area contributed by atoms with Crippen molar-refractivity contribution in [2.24, 2.45) is 0 Å². The summed E-state index contributed by atoms with van der Waals surface area (Å²) in [5.41, 5.74) is 4.24. The second-order valence-electron chi connectivity index (χ2n) is 6.04. The zero-order valence-corrected chi connectivity index (χ0v) is 14.2. The predicted octanol–water partition coefficient (Wildman–Crippen LogP) is 5.40. The number of allylic oxidation sites excluding steroid dienone is 4. The number of nitrogens with one attached hydrogen (secondary N) is 1. The first kappa shape index (κ1) is 15.2. The van der Waals surface area contributed by atoms with E-state index in [1.165, 1.54) is 22.1 Å². The molecule has 1 aromatic rings. The summed E-state index contributed by atoms with van der Waals surface area (Å²) in [6.07, 6.45) is 8.72. The smallest absolute Gasteiger partial charge is 0.0440 e. The maximum atomic E-state index is 3.85. The van der Waals surface area contributed by atoms with Gasteiger partial charge in [0.15, 0.2) is 0 Å². The molecule has 2 heteroatoms. The molecular formula is C18H26NP. The van der Waals surface area contributed by atoms with Crippen molar-refractivity contribution in [2.45, 2.75) is 39.5 Å². The molecule has 0 saturated heterocycles. The van der Waals surface area contributed by atoms with Crippen LogP contribution in [-0.2, 0) is 0 Å². The number of hydrogen-bond donors (Lipinski definition) is 1. The summed E-state index contributed by atoms with van der Waals surface area (Å²) in [5, 5.41) is 5.29. The van der Waals surface area contributed by atoms with Gasteiger partial charge in [-0.3, -0.25) is 0 Å². The third-order valence-corrected chi connectivity index (χ3v) is 5.61. The van der Waals surface area contributed by atoms with E-state index < -0.39 is 7.70 Å². The van der Waals surface area contributed by atoms with Gasteiger partial charge in [0.1, 0.15) is 0 Å². The van der Waals surface area contributed by atoms with Crippen LogP contribution < -0.4 is 5.09 Å². The van der Waals surface area contributed by atoms with E-state index in [1.807, 2.05) is 0 Å². The maximum Gasteiger partial charge on any atom is 0.0440 e. The Balaban J connectivity index is 2.46. The number of para-hydroxylation sites is 1. The van der Waals surface area contributed by atoms with Gasteiger partial charge in [-0.15, -0.1) is 0 Å². The molecule has 1 aliphatic carbocycles. The largest absolute Gasteiger partial charge is 0.367 e. The Labute approximate surface area is 124 Å². The van der Waals surface area contributed by atoms with Gasteiger partial charge in [-0.05, 0) is 42.6 Å². The van der Waals surface area contributed by atoms with Crippen molar-refractivity contribution in [1.29, 1.82) is 0 Å². The van der Waals surface area contributed by atoms with Gasteiger partial charge in [0.05, 0.1) is 0 Å². The Kier molecular flexibility index (Phi) is 4.94. The molecule has 1 aromatic carbocycles. The monoisotopic (exact) mass is 287 g/mol. The number of rotatable bonds is 4. The van der Waals surface area contributed by atoms with Gasteiger partial charge in [-0.1, -0.05) is 70.2 Å². The van der Waals surface area contributed by atoms with Gasteiger partial charge in [0.2, 0.25) is 0 Å². The highest BCUT2D eigenvalue weighted by atomic mass is 31.1. The zero-order valence-electron chi connectivity index (χ0n) is 13.2. The summed E-state index contributed by atoms with van der Waals surface area (Å²) >= 11 is 0. The standard InChI is InChI=1S/C18H26NP/c1-13(2)16-11-8-12-17(14(3)4)18(16)19-20(5)15-9-6-7-10-15/h6-14,19-20H,1-5H3. The zero-order chi connectivity index (χ0) is 14.7. The van der Waals surface area contributed by atoms with Crippen LogP contribution in [0.15, 0.2) is 42.5 Å². The first-order valence-corrected chi connectivity index (χ1v) is 9.46. The summed E-state index contributed by atoms with van der Waals surface area (Å²) in [6, 6.07) is 6.72. The fourth-order valence-corrected chi connectivity index (χ4v) is 4.08. The molecule has 0 heterocycles. The van der Waals surface area contributed by atoms with Crippen molar-refractivity contribution in [3.8, 4) is 0 Å². The minimum atomic E-state index is -0.737. The summed E-state index contributed by atoms with van der Waals surface area (Å²) in [6.45, 7) is 11.4. The van der Waals surface area contributed by atoms with Crippen LogP contribution in [0.4, 0.5) is 5.69 Å². The van der Waals surface area contributed by atoms with Crippen molar-refractivity contribution in [1.82, 2.24) is 0 Å². The lowest BCUT2D eigenvalue weighted by Gasteiger charge is -2.22. The van der Waals surface area contributed by atoms with Crippen LogP contribution in [0.1, 0.15) is 50.7 Å². The van der Waals surface area contributed by atoms with Crippen LogP contribution in [0.2, 0.25) is 0 Å². The lowest BCUT2D eigenvalue weighted by atomic mass is 9.93. The molecule has 108 valence electrons. The molecule has 0 bridgehead atoms. The third-order valence-electron chi connectivity index (χ3n) is 3.78. The van der Waals surface area contributed by atoms with E-state index >= 15 is 0 Å². The van der Waals surface area contributed by atoms with E-state index in [9.17, 15) is 0 Å². The first-order valence-electron chi connectivity index (χ1n) is 7.46. The highest BCUT2D eigenvalue weighted by molar-refractivity contribution is 7.60. The van der Waals surface area contributed by atoms with Gasteiger partial charge in [0.25, 0.3) is 0 Å². The normalized spacial score (nSPS) is 15.4. The molecule has 0 radical (unpaired) electrons. The molecule has 0 spiro atoms. The average molecular weight is 287 g/mol. The maximum absolute atomic E-state index is 3.85. The van der Waals surface area contributed by atoms with Crippen LogP contribution in [0.25, 0.3) is 0 Å². The molecule has 0 aliphatic heterocycles. The molecule has 0 fully saturated rings. The average Bonchev–Trinajstić information content (AvgIpc) is 2.92. The fourth-order valence-electron chi connectivity index (χ4n) is 2.58. The third kappa shape index (κ3) is 3.27. The van der Waals surface area contributed by atoms with Crippen molar-refractivity contribution in [2.75, 3.05) is 11.8 Å². The van der Waals surface area contributed by atoms with Crippen molar-refractivity contribution in [3.05, 3.63) is 53.6 Å². The van der Waals surface area contributed by atoms with Gasteiger partial charge in [0, 0.05) is 5.69 Å². The van der Waals surface area contributed by atoms with Crippen LogP contribution in [-0.4, -0.2) is 12.0 Å². The van der Waals surface area contributed by atoms with Crippen LogP contribution >= 0.6 is 7.70 Å². The van der Waals surface area contributed by atoms with Gasteiger partial charge >= 0.3 is 0 Å². The molecule has 0 aromatic heterocycles. The molecular weight excluding hydrogens is 261 g/mol. The van der Waals surface area contributed by atoms with Crippen LogP contribution in [0.3, 0.4) is 0 Å². The minimum Gasteiger partial charge on any atom is -0.367 e. The molecule has 1 nitrogen and oxygen atoms in total. The molecule has 1 N–H and O–H groups in total. The van der Waals surface area contributed by atoms with E-state index in [-0.39, 0.29) is 0 Å². The number of hydrogen-bond acceptors (Lipinski definition) is 1. The second kappa shape index (κ2) is 6.50. The first-order chi connectivity index (χ1) is 9.50. The summed E-state index contributed by atoms with van der Waals surface area (Å²) in [5.74, 6) is 1.09. The second-order valence-corrected chi connectivity index (χ2v) is 8.12. The quantitative estimate of drug-likeness (QED) is 0.731. The highest BCUT2D eigenvalue weighted by Gasteiger charge is 2.14. The van der Waals surface area contributed by atoms with Crippen LogP contribution in [0.5, 0.6) is 0 Å². The Morgan fingerprint density at radius 3 is 1.85 bits per heavy atom. The molecule has 0 saturated carbocycles. The van der Waals surface area contributed by atoms with Gasteiger partial charge < -0.3 is 5.09 Å². The van der Waals surface area contributed by atoms with E-state index in [0.29, 0.717) is 11.8 Å². The lowest BCUT2D eigenvalue weighted by molar-refractivity contribution is 0.840. The fraction of sp³-hybridized carbons (Fsp3) is 0.389. The van der Waals surface area contributed by atoms with Crippen LogP contribution in [0, 0.1) is 0 Å². The molecule has 0 amide bonds. The predicted molar refractivity (Wildman–Crippen MR) is 95.8 cm³/mol.